The van der Waals surface area contributed by atoms with Crippen molar-refractivity contribution in [2.45, 2.75) is 0 Å². The van der Waals surface area contributed by atoms with E-state index in [1.807, 2.05) is 12.1 Å². The molecule has 0 aliphatic heterocycles. The summed E-state index contributed by atoms with van der Waals surface area (Å²) in [6.07, 6.45) is 0. The zero-order chi connectivity index (χ0) is 18.0. The van der Waals surface area contributed by atoms with Gasteiger partial charge in [-0.2, -0.15) is 5.11 Å². The van der Waals surface area contributed by atoms with Crippen LogP contribution in [0.25, 0.3) is 11.0 Å². The third-order valence-electron chi connectivity index (χ3n) is 3.36. The first-order chi connectivity index (χ1) is 12.0. The van der Waals surface area contributed by atoms with Gasteiger partial charge in [0.1, 0.15) is 22.6 Å². The number of fused-ring (bicyclic) bond motifs is 1. The minimum atomic E-state index is -1.36. The Morgan fingerprint density at radius 3 is 2.52 bits per heavy atom. The second-order valence-electron chi connectivity index (χ2n) is 4.99. The highest BCUT2D eigenvalue weighted by Crippen LogP contribution is 2.33. The van der Waals surface area contributed by atoms with E-state index in [1.165, 1.54) is 19.2 Å². The van der Waals surface area contributed by atoms with Crippen molar-refractivity contribution >= 4 is 44.2 Å². The van der Waals surface area contributed by atoms with Gasteiger partial charge in [0, 0.05) is 15.9 Å². The van der Waals surface area contributed by atoms with Crippen LogP contribution < -0.4 is 10.4 Å². The SMILES string of the molecule is COc1cc2oc(=O)c(C(=O)O)cc2cc1N=Nc1ccc(Br)cc1. The number of methoxy groups -OCH3 is 1. The summed E-state index contributed by atoms with van der Waals surface area (Å²) in [5.74, 6) is -1.01. The maximum absolute atomic E-state index is 11.7. The molecule has 0 radical (unpaired) electrons. The first kappa shape index (κ1) is 16.8. The molecule has 0 atom stereocenters. The number of rotatable bonds is 4. The molecular weight excluding hydrogens is 392 g/mol. The van der Waals surface area contributed by atoms with Crippen molar-refractivity contribution in [3.63, 3.8) is 0 Å². The minimum absolute atomic E-state index is 0.203. The van der Waals surface area contributed by atoms with Crippen LogP contribution in [0.3, 0.4) is 0 Å². The molecule has 0 aliphatic carbocycles. The predicted molar refractivity (Wildman–Crippen MR) is 94.3 cm³/mol. The monoisotopic (exact) mass is 402 g/mol. The molecule has 1 aromatic heterocycles. The number of hydrogen-bond donors (Lipinski definition) is 1. The van der Waals surface area contributed by atoms with Gasteiger partial charge in [-0.15, -0.1) is 5.11 Å². The molecule has 0 saturated heterocycles. The summed E-state index contributed by atoms with van der Waals surface area (Å²) >= 11 is 3.34. The summed E-state index contributed by atoms with van der Waals surface area (Å²) in [5, 5.41) is 17.7. The van der Waals surface area contributed by atoms with Crippen molar-refractivity contribution in [2.75, 3.05) is 7.11 Å². The number of benzene rings is 2. The number of halogens is 1. The van der Waals surface area contributed by atoms with Gasteiger partial charge in [0.2, 0.25) is 0 Å². The maximum Gasteiger partial charge on any atom is 0.351 e. The first-order valence-corrected chi connectivity index (χ1v) is 7.84. The molecule has 0 unspecified atom stereocenters. The highest BCUT2D eigenvalue weighted by atomic mass is 79.9. The van der Waals surface area contributed by atoms with Crippen molar-refractivity contribution < 1.29 is 19.1 Å². The van der Waals surface area contributed by atoms with Gasteiger partial charge in [0.05, 0.1) is 12.8 Å². The zero-order valence-electron chi connectivity index (χ0n) is 12.9. The Balaban J connectivity index is 2.09. The highest BCUT2D eigenvalue weighted by molar-refractivity contribution is 9.10. The molecular formula is C17H11BrN2O5. The lowest BCUT2D eigenvalue weighted by molar-refractivity contribution is 0.0692. The fourth-order valence-electron chi connectivity index (χ4n) is 2.15. The largest absolute Gasteiger partial charge is 0.494 e. The number of aromatic carboxylic acids is 1. The molecule has 0 spiro atoms. The summed E-state index contributed by atoms with van der Waals surface area (Å²) < 4.78 is 11.2. The van der Waals surface area contributed by atoms with E-state index >= 15 is 0 Å². The van der Waals surface area contributed by atoms with Crippen LogP contribution in [0.4, 0.5) is 11.4 Å². The van der Waals surface area contributed by atoms with Gasteiger partial charge in [-0.3, -0.25) is 0 Å². The number of nitrogens with zero attached hydrogens (tertiary/aromatic N) is 2. The second kappa shape index (κ2) is 6.86. The predicted octanol–water partition coefficient (Wildman–Crippen LogP) is 4.68. The Kier molecular flexibility index (Phi) is 4.62. The fourth-order valence-corrected chi connectivity index (χ4v) is 2.41. The second-order valence-corrected chi connectivity index (χ2v) is 5.91. The molecule has 0 aliphatic rings. The number of carbonyl (C=O) groups is 1. The summed E-state index contributed by atoms with van der Waals surface area (Å²) in [5.41, 5.74) is -0.159. The smallest absolute Gasteiger partial charge is 0.351 e. The molecule has 0 saturated carbocycles. The highest BCUT2D eigenvalue weighted by Gasteiger charge is 2.14. The van der Waals surface area contributed by atoms with Crippen molar-refractivity contribution in [1.82, 2.24) is 0 Å². The molecule has 1 N–H and O–H groups in total. The average molecular weight is 403 g/mol. The third-order valence-corrected chi connectivity index (χ3v) is 3.89. The molecule has 3 aromatic rings. The Bertz CT molecular complexity index is 1040. The number of hydrogen-bond acceptors (Lipinski definition) is 6. The van der Waals surface area contributed by atoms with E-state index in [4.69, 9.17) is 14.3 Å². The lowest BCUT2D eigenvalue weighted by Crippen LogP contribution is -2.12. The molecule has 0 fully saturated rings. The van der Waals surface area contributed by atoms with Gasteiger partial charge < -0.3 is 14.3 Å². The summed E-state index contributed by atoms with van der Waals surface area (Å²) in [6, 6.07) is 11.5. The Morgan fingerprint density at radius 1 is 1.16 bits per heavy atom. The standard InChI is InChI=1S/C17H11BrN2O5/c1-24-15-8-14-9(6-12(16(21)22)17(23)25-14)7-13(15)20-19-11-4-2-10(18)3-5-11/h2-8H,1H3,(H,21,22). The van der Waals surface area contributed by atoms with Crippen LogP contribution in [0.1, 0.15) is 10.4 Å². The molecule has 7 nitrogen and oxygen atoms in total. The van der Waals surface area contributed by atoms with Crippen LogP contribution in [-0.4, -0.2) is 18.2 Å². The van der Waals surface area contributed by atoms with Crippen LogP contribution in [0.2, 0.25) is 0 Å². The van der Waals surface area contributed by atoms with Gasteiger partial charge in [-0.1, -0.05) is 15.9 Å². The Labute approximate surface area is 149 Å². The van der Waals surface area contributed by atoms with Crippen LogP contribution in [0.5, 0.6) is 5.75 Å². The molecule has 3 rings (SSSR count). The molecule has 2 aromatic carbocycles. The van der Waals surface area contributed by atoms with Gasteiger partial charge >= 0.3 is 11.6 Å². The molecule has 8 heteroatoms. The zero-order valence-corrected chi connectivity index (χ0v) is 14.5. The lowest BCUT2D eigenvalue weighted by Gasteiger charge is -2.06. The van der Waals surface area contributed by atoms with Crippen LogP contribution in [-0.2, 0) is 0 Å². The van der Waals surface area contributed by atoms with Gasteiger partial charge in [0.25, 0.3) is 0 Å². The van der Waals surface area contributed by atoms with E-state index in [1.54, 1.807) is 18.2 Å². The number of carboxylic acids is 1. The normalized spacial score (nSPS) is 11.1. The lowest BCUT2D eigenvalue weighted by atomic mass is 10.1. The van der Waals surface area contributed by atoms with Crippen molar-refractivity contribution in [3.05, 3.63) is 62.9 Å². The number of ether oxygens (including phenoxy) is 1. The molecule has 25 heavy (non-hydrogen) atoms. The summed E-state index contributed by atoms with van der Waals surface area (Å²) in [7, 11) is 1.45. The van der Waals surface area contributed by atoms with Gasteiger partial charge in [0.15, 0.2) is 0 Å². The van der Waals surface area contributed by atoms with Gasteiger partial charge in [-0.25, -0.2) is 9.59 Å². The van der Waals surface area contributed by atoms with E-state index in [2.05, 4.69) is 26.2 Å². The first-order valence-electron chi connectivity index (χ1n) is 7.04. The number of azo groups is 1. The Hall–Kier alpha value is -3.00. The van der Waals surface area contributed by atoms with Crippen molar-refractivity contribution in [2.24, 2.45) is 10.2 Å². The molecule has 0 amide bonds. The molecule has 1 heterocycles. The van der Waals surface area contributed by atoms with E-state index < -0.39 is 17.2 Å². The van der Waals surface area contributed by atoms with Crippen LogP contribution in [0.15, 0.2) is 66.4 Å². The van der Waals surface area contributed by atoms with E-state index in [9.17, 15) is 9.59 Å². The fraction of sp³-hybridized carbons (Fsp3) is 0.0588. The maximum atomic E-state index is 11.7. The average Bonchev–Trinajstić information content (AvgIpc) is 2.59. The quantitative estimate of drug-likeness (QED) is 0.504. The Morgan fingerprint density at radius 2 is 1.88 bits per heavy atom. The molecule has 126 valence electrons. The minimum Gasteiger partial charge on any atom is -0.494 e. The van der Waals surface area contributed by atoms with Crippen molar-refractivity contribution in [1.29, 1.82) is 0 Å². The van der Waals surface area contributed by atoms with E-state index in [0.29, 0.717) is 22.5 Å². The van der Waals surface area contributed by atoms with E-state index in [-0.39, 0.29) is 5.58 Å². The van der Waals surface area contributed by atoms with E-state index in [0.717, 1.165) is 4.47 Å². The topological polar surface area (TPSA) is 101 Å². The summed E-state index contributed by atoms with van der Waals surface area (Å²) in [6.45, 7) is 0. The molecule has 0 bridgehead atoms. The van der Waals surface area contributed by atoms with Crippen LogP contribution >= 0.6 is 15.9 Å². The van der Waals surface area contributed by atoms with Crippen molar-refractivity contribution in [3.8, 4) is 5.75 Å². The van der Waals surface area contributed by atoms with Gasteiger partial charge in [-0.05, 0) is 36.4 Å². The number of carboxylic acid groups (broad SMARTS) is 1. The van der Waals surface area contributed by atoms with Crippen LogP contribution in [0, 0.1) is 0 Å². The third kappa shape index (κ3) is 3.58. The summed E-state index contributed by atoms with van der Waals surface area (Å²) in [4.78, 5) is 22.7.